The van der Waals surface area contributed by atoms with Crippen molar-refractivity contribution in [2.45, 2.75) is 46.2 Å². The van der Waals surface area contributed by atoms with Crippen LogP contribution in [0.5, 0.6) is 0 Å². The molecular formula is C18H30N2O. The summed E-state index contributed by atoms with van der Waals surface area (Å²) in [6.07, 6.45) is 2.65. The van der Waals surface area contributed by atoms with E-state index in [-0.39, 0.29) is 0 Å². The molecule has 1 heterocycles. The molecule has 3 nitrogen and oxygen atoms in total. The van der Waals surface area contributed by atoms with Gasteiger partial charge >= 0.3 is 0 Å². The van der Waals surface area contributed by atoms with Crippen molar-refractivity contribution in [3.05, 3.63) is 29.3 Å². The normalized spacial score (nSPS) is 22.6. The first-order valence-electron chi connectivity index (χ1n) is 8.19. The van der Waals surface area contributed by atoms with E-state index >= 15 is 0 Å². The number of anilines is 1. The molecule has 0 saturated carbocycles. The average molecular weight is 290 g/mol. The second-order valence-corrected chi connectivity index (χ2v) is 6.36. The molecule has 2 rings (SSSR count). The fourth-order valence-corrected chi connectivity index (χ4v) is 3.21. The first kappa shape index (κ1) is 16.3. The summed E-state index contributed by atoms with van der Waals surface area (Å²) in [4.78, 5) is 2.60. The Kier molecular flexibility index (Phi) is 6.07. The Balaban J connectivity index is 2.13. The van der Waals surface area contributed by atoms with E-state index in [2.05, 4.69) is 49.2 Å². The van der Waals surface area contributed by atoms with Crippen LogP contribution in [0.1, 0.15) is 37.8 Å². The molecule has 1 N–H and O–H groups in total. The number of nitrogens with one attached hydrogen (secondary N) is 1. The molecule has 21 heavy (non-hydrogen) atoms. The zero-order valence-corrected chi connectivity index (χ0v) is 14.0. The van der Waals surface area contributed by atoms with Crippen molar-refractivity contribution in [3.8, 4) is 0 Å². The predicted octanol–water partition coefficient (Wildman–Crippen LogP) is 3.36. The number of ether oxygens (including phenoxy) is 1. The molecule has 0 bridgehead atoms. The maximum absolute atomic E-state index is 5.11. The molecule has 1 fully saturated rings. The minimum Gasteiger partial charge on any atom is -0.383 e. The van der Waals surface area contributed by atoms with E-state index in [1.165, 1.54) is 36.2 Å². The first-order chi connectivity index (χ1) is 10.1. The van der Waals surface area contributed by atoms with Crippen LogP contribution in [0.2, 0.25) is 0 Å². The number of methoxy groups -OCH3 is 1. The van der Waals surface area contributed by atoms with Crippen LogP contribution in [0.3, 0.4) is 0 Å². The largest absolute Gasteiger partial charge is 0.383 e. The minimum atomic E-state index is 0.624. The van der Waals surface area contributed by atoms with Gasteiger partial charge in [0.1, 0.15) is 0 Å². The highest BCUT2D eigenvalue weighted by atomic mass is 16.5. The zero-order chi connectivity index (χ0) is 15.2. The van der Waals surface area contributed by atoms with Gasteiger partial charge in [0.15, 0.2) is 0 Å². The van der Waals surface area contributed by atoms with Gasteiger partial charge in [-0.15, -0.1) is 0 Å². The Bertz CT molecular complexity index is 447. The number of aryl methyl sites for hydroxylation is 1. The number of piperidine rings is 1. The second-order valence-electron chi connectivity index (χ2n) is 6.36. The van der Waals surface area contributed by atoms with Crippen LogP contribution in [0.4, 0.5) is 5.69 Å². The molecule has 118 valence electrons. The Morgan fingerprint density at radius 3 is 2.90 bits per heavy atom. The van der Waals surface area contributed by atoms with Crippen LogP contribution in [0, 0.1) is 12.8 Å². The summed E-state index contributed by atoms with van der Waals surface area (Å²) in [7, 11) is 1.75. The number of nitrogens with zero attached hydrogens (tertiary/aromatic N) is 1. The SMILES string of the molecule is COCCNCc1cc(C)ccc1N1CCCC(C)C1C. The summed E-state index contributed by atoms with van der Waals surface area (Å²) in [5.74, 6) is 0.773. The van der Waals surface area contributed by atoms with Gasteiger partial charge in [-0.05, 0) is 44.2 Å². The van der Waals surface area contributed by atoms with E-state index in [9.17, 15) is 0 Å². The van der Waals surface area contributed by atoms with E-state index in [0.29, 0.717) is 6.04 Å². The van der Waals surface area contributed by atoms with Gasteiger partial charge in [0.05, 0.1) is 6.61 Å². The standard InChI is InChI=1S/C18H30N2O/c1-14-7-8-18(17(12-14)13-19-9-11-21-4)20-10-5-6-15(2)16(20)3/h7-8,12,15-16,19H,5-6,9-11,13H2,1-4H3. The van der Waals surface area contributed by atoms with Crippen molar-refractivity contribution in [2.24, 2.45) is 5.92 Å². The summed E-state index contributed by atoms with van der Waals surface area (Å²) < 4.78 is 5.11. The lowest BCUT2D eigenvalue weighted by Gasteiger charge is -2.40. The fraction of sp³-hybridized carbons (Fsp3) is 0.667. The molecule has 0 radical (unpaired) electrons. The third-order valence-corrected chi connectivity index (χ3v) is 4.72. The minimum absolute atomic E-state index is 0.624. The molecule has 1 saturated heterocycles. The van der Waals surface area contributed by atoms with Crippen LogP contribution >= 0.6 is 0 Å². The highest BCUT2D eigenvalue weighted by molar-refractivity contribution is 5.56. The molecule has 2 atom stereocenters. The molecule has 0 amide bonds. The van der Waals surface area contributed by atoms with E-state index in [0.717, 1.165) is 25.6 Å². The maximum Gasteiger partial charge on any atom is 0.0587 e. The van der Waals surface area contributed by atoms with Gasteiger partial charge in [-0.1, -0.05) is 24.6 Å². The second kappa shape index (κ2) is 7.81. The van der Waals surface area contributed by atoms with Crippen molar-refractivity contribution in [3.63, 3.8) is 0 Å². The average Bonchev–Trinajstić information content (AvgIpc) is 2.47. The highest BCUT2D eigenvalue weighted by Crippen LogP contribution is 2.31. The van der Waals surface area contributed by atoms with Crippen LogP contribution in [0.15, 0.2) is 18.2 Å². The van der Waals surface area contributed by atoms with Gasteiger partial charge in [-0.3, -0.25) is 0 Å². The first-order valence-corrected chi connectivity index (χ1v) is 8.19. The van der Waals surface area contributed by atoms with Crippen LogP contribution in [-0.2, 0) is 11.3 Å². The molecule has 3 heteroatoms. The topological polar surface area (TPSA) is 24.5 Å². The van der Waals surface area contributed by atoms with Crippen molar-refractivity contribution < 1.29 is 4.74 Å². The monoisotopic (exact) mass is 290 g/mol. The molecule has 1 aromatic carbocycles. The van der Waals surface area contributed by atoms with Gasteiger partial charge in [0.25, 0.3) is 0 Å². The van der Waals surface area contributed by atoms with Gasteiger partial charge in [0.2, 0.25) is 0 Å². The lowest BCUT2D eigenvalue weighted by Crippen LogP contribution is -2.43. The fourth-order valence-electron chi connectivity index (χ4n) is 3.21. The van der Waals surface area contributed by atoms with Crippen LogP contribution in [-0.4, -0.2) is 32.8 Å². The summed E-state index contributed by atoms with van der Waals surface area (Å²) in [5.41, 5.74) is 4.15. The Morgan fingerprint density at radius 1 is 1.33 bits per heavy atom. The number of hydrogen-bond donors (Lipinski definition) is 1. The molecule has 1 aliphatic rings. The Labute approximate surface area is 129 Å². The van der Waals surface area contributed by atoms with E-state index in [1.807, 2.05) is 0 Å². The number of rotatable bonds is 6. The summed E-state index contributed by atoms with van der Waals surface area (Å²) in [6, 6.07) is 7.48. The molecule has 2 unspecified atom stereocenters. The zero-order valence-electron chi connectivity index (χ0n) is 14.0. The van der Waals surface area contributed by atoms with Crippen molar-refractivity contribution in [1.82, 2.24) is 5.32 Å². The third kappa shape index (κ3) is 4.21. The van der Waals surface area contributed by atoms with E-state index in [1.54, 1.807) is 7.11 Å². The van der Waals surface area contributed by atoms with Crippen molar-refractivity contribution in [1.29, 1.82) is 0 Å². The third-order valence-electron chi connectivity index (χ3n) is 4.72. The molecule has 0 aliphatic carbocycles. The predicted molar refractivity (Wildman–Crippen MR) is 90.0 cm³/mol. The van der Waals surface area contributed by atoms with Crippen LogP contribution < -0.4 is 10.2 Å². The van der Waals surface area contributed by atoms with Gasteiger partial charge in [-0.2, -0.15) is 0 Å². The van der Waals surface area contributed by atoms with E-state index in [4.69, 9.17) is 4.74 Å². The quantitative estimate of drug-likeness (QED) is 0.813. The Morgan fingerprint density at radius 2 is 2.14 bits per heavy atom. The van der Waals surface area contributed by atoms with Crippen molar-refractivity contribution >= 4 is 5.69 Å². The lowest BCUT2D eigenvalue weighted by atomic mass is 9.91. The maximum atomic E-state index is 5.11. The number of benzene rings is 1. The van der Waals surface area contributed by atoms with Gasteiger partial charge in [-0.25, -0.2) is 0 Å². The number of hydrogen-bond acceptors (Lipinski definition) is 3. The molecule has 1 aromatic rings. The smallest absolute Gasteiger partial charge is 0.0587 e. The van der Waals surface area contributed by atoms with Crippen LogP contribution in [0.25, 0.3) is 0 Å². The Hall–Kier alpha value is -1.06. The van der Waals surface area contributed by atoms with Gasteiger partial charge in [0, 0.05) is 38.5 Å². The molecule has 0 aromatic heterocycles. The molecule has 1 aliphatic heterocycles. The van der Waals surface area contributed by atoms with Crippen molar-refractivity contribution in [2.75, 3.05) is 31.7 Å². The summed E-state index contributed by atoms with van der Waals surface area (Å²) in [6.45, 7) is 10.7. The molecule has 0 spiro atoms. The highest BCUT2D eigenvalue weighted by Gasteiger charge is 2.26. The summed E-state index contributed by atoms with van der Waals surface area (Å²) in [5, 5.41) is 3.48. The van der Waals surface area contributed by atoms with E-state index < -0.39 is 0 Å². The van der Waals surface area contributed by atoms with Gasteiger partial charge < -0.3 is 15.0 Å². The summed E-state index contributed by atoms with van der Waals surface area (Å²) >= 11 is 0. The lowest BCUT2D eigenvalue weighted by molar-refractivity contribution is 0.199. The molecular weight excluding hydrogens is 260 g/mol.